The molecule has 0 radical (unpaired) electrons. The Morgan fingerprint density at radius 2 is 1.67 bits per heavy atom. The zero-order chi connectivity index (χ0) is 20.9. The monoisotopic (exact) mass is 414 g/mol. The minimum Gasteiger partial charge on any atom is -0.326 e. The molecule has 1 aliphatic rings. The van der Waals surface area contributed by atoms with E-state index in [1.54, 1.807) is 6.08 Å². The van der Waals surface area contributed by atoms with Crippen LogP contribution in [0.5, 0.6) is 0 Å². The van der Waals surface area contributed by atoms with Gasteiger partial charge in [0.05, 0.1) is 11.3 Å². The summed E-state index contributed by atoms with van der Waals surface area (Å²) in [4.78, 5) is 35.6. The summed E-state index contributed by atoms with van der Waals surface area (Å²) in [5.74, 6) is -0.435. The molecule has 5 nitrogen and oxygen atoms in total. The lowest BCUT2D eigenvalue weighted by Gasteiger charge is -2.08. The standard InChI is InChI=1S/C24H18N2O3S/c27-22(14-16-5-2-1-3-6-16)25-20-8-4-7-19(15-20)18-11-9-17(10-12-18)13-21-23(28)26-24(29)30-21/h1-13,15H,14H2,(H,25,27)(H,26,28,29). The highest BCUT2D eigenvalue weighted by atomic mass is 32.2. The van der Waals surface area contributed by atoms with Crippen LogP contribution in [0, 0.1) is 0 Å². The van der Waals surface area contributed by atoms with E-state index in [1.807, 2.05) is 78.9 Å². The number of anilines is 1. The van der Waals surface area contributed by atoms with Gasteiger partial charge in [-0.25, -0.2) is 0 Å². The lowest BCUT2D eigenvalue weighted by Crippen LogP contribution is -2.17. The number of rotatable bonds is 5. The van der Waals surface area contributed by atoms with Gasteiger partial charge in [-0.2, -0.15) is 0 Å². The Balaban J connectivity index is 1.46. The average Bonchev–Trinajstić information content (AvgIpc) is 3.06. The third-order valence-electron chi connectivity index (χ3n) is 4.54. The molecule has 4 rings (SSSR count). The number of thioether (sulfide) groups is 1. The Bertz CT molecular complexity index is 1140. The lowest BCUT2D eigenvalue weighted by atomic mass is 10.0. The Morgan fingerprint density at radius 1 is 0.900 bits per heavy atom. The molecule has 1 heterocycles. The van der Waals surface area contributed by atoms with Gasteiger partial charge in [0, 0.05) is 5.69 Å². The maximum atomic E-state index is 12.3. The lowest BCUT2D eigenvalue weighted by molar-refractivity contribution is -0.116. The van der Waals surface area contributed by atoms with Crippen molar-refractivity contribution in [2.45, 2.75) is 6.42 Å². The first-order valence-corrected chi connectivity index (χ1v) is 10.2. The zero-order valence-corrected chi connectivity index (χ0v) is 16.7. The normalized spacial score (nSPS) is 14.6. The predicted octanol–water partition coefficient (Wildman–Crippen LogP) is 4.86. The SMILES string of the molecule is O=C(Cc1ccccc1)Nc1cccc(-c2ccc(C=C3SC(=O)NC3=O)cc2)c1. The number of amides is 3. The maximum Gasteiger partial charge on any atom is 0.290 e. The smallest absolute Gasteiger partial charge is 0.290 e. The van der Waals surface area contributed by atoms with Gasteiger partial charge in [-0.15, -0.1) is 0 Å². The summed E-state index contributed by atoms with van der Waals surface area (Å²) in [6.45, 7) is 0. The first-order chi connectivity index (χ1) is 14.6. The Kier molecular flexibility index (Phi) is 5.77. The molecule has 3 aromatic carbocycles. The van der Waals surface area contributed by atoms with E-state index in [0.29, 0.717) is 11.3 Å². The van der Waals surface area contributed by atoms with Crippen LogP contribution in [0.2, 0.25) is 0 Å². The van der Waals surface area contributed by atoms with Gasteiger partial charge in [-0.3, -0.25) is 19.7 Å². The van der Waals surface area contributed by atoms with Crippen molar-refractivity contribution in [2.75, 3.05) is 5.32 Å². The van der Waals surface area contributed by atoms with Crippen LogP contribution in [0.3, 0.4) is 0 Å². The molecule has 0 atom stereocenters. The second kappa shape index (κ2) is 8.80. The number of nitrogens with one attached hydrogen (secondary N) is 2. The van der Waals surface area contributed by atoms with Crippen LogP contribution in [0.15, 0.2) is 83.8 Å². The fourth-order valence-electron chi connectivity index (χ4n) is 3.11. The highest BCUT2D eigenvalue weighted by Crippen LogP contribution is 2.27. The van der Waals surface area contributed by atoms with E-state index < -0.39 is 0 Å². The van der Waals surface area contributed by atoms with Crippen molar-refractivity contribution < 1.29 is 14.4 Å². The number of benzene rings is 3. The molecule has 0 spiro atoms. The molecule has 3 aromatic rings. The molecule has 148 valence electrons. The molecule has 1 fully saturated rings. The van der Waals surface area contributed by atoms with Crippen LogP contribution in [0.4, 0.5) is 10.5 Å². The van der Waals surface area contributed by atoms with Gasteiger partial charge in [-0.1, -0.05) is 66.7 Å². The summed E-state index contributed by atoms with van der Waals surface area (Å²) in [7, 11) is 0. The van der Waals surface area contributed by atoms with E-state index in [1.165, 1.54) is 0 Å². The fourth-order valence-corrected chi connectivity index (χ4v) is 3.79. The van der Waals surface area contributed by atoms with Crippen LogP contribution in [-0.2, 0) is 16.0 Å². The highest BCUT2D eigenvalue weighted by molar-refractivity contribution is 8.18. The molecule has 3 amide bonds. The molecule has 2 N–H and O–H groups in total. The minimum atomic E-state index is -0.368. The molecule has 0 unspecified atom stereocenters. The zero-order valence-electron chi connectivity index (χ0n) is 15.9. The maximum absolute atomic E-state index is 12.3. The van der Waals surface area contributed by atoms with Crippen LogP contribution in [-0.4, -0.2) is 17.1 Å². The molecule has 1 aliphatic heterocycles. The summed E-state index contributed by atoms with van der Waals surface area (Å²) < 4.78 is 0. The van der Waals surface area contributed by atoms with E-state index in [2.05, 4.69) is 10.6 Å². The summed E-state index contributed by atoms with van der Waals surface area (Å²) in [5, 5.41) is 4.83. The van der Waals surface area contributed by atoms with Gasteiger partial charge in [0.25, 0.3) is 11.1 Å². The van der Waals surface area contributed by atoms with Gasteiger partial charge < -0.3 is 5.32 Å². The van der Waals surface area contributed by atoms with Crippen molar-refractivity contribution in [1.82, 2.24) is 5.32 Å². The van der Waals surface area contributed by atoms with Crippen molar-refractivity contribution in [3.8, 4) is 11.1 Å². The van der Waals surface area contributed by atoms with Crippen LogP contribution in [0.1, 0.15) is 11.1 Å². The molecule has 1 saturated heterocycles. The van der Waals surface area contributed by atoms with Crippen molar-refractivity contribution in [1.29, 1.82) is 0 Å². The average molecular weight is 414 g/mol. The number of carbonyl (C=O) groups is 3. The van der Waals surface area contributed by atoms with E-state index >= 15 is 0 Å². The van der Waals surface area contributed by atoms with E-state index in [0.717, 1.165) is 39.7 Å². The van der Waals surface area contributed by atoms with Crippen LogP contribution in [0.25, 0.3) is 17.2 Å². The largest absolute Gasteiger partial charge is 0.326 e. The van der Waals surface area contributed by atoms with Crippen molar-refractivity contribution in [3.05, 3.63) is 94.9 Å². The second-order valence-electron chi connectivity index (χ2n) is 6.77. The molecular weight excluding hydrogens is 396 g/mol. The van der Waals surface area contributed by atoms with Gasteiger partial charge in [0.15, 0.2) is 0 Å². The third kappa shape index (κ3) is 4.85. The van der Waals surface area contributed by atoms with Gasteiger partial charge >= 0.3 is 0 Å². The summed E-state index contributed by atoms with van der Waals surface area (Å²) >= 11 is 0.898. The first-order valence-electron chi connectivity index (χ1n) is 9.36. The number of hydrogen-bond donors (Lipinski definition) is 2. The Hall–Kier alpha value is -3.64. The molecule has 0 aliphatic carbocycles. The minimum absolute atomic E-state index is 0.0674. The Morgan fingerprint density at radius 3 is 2.37 bits per heavy atom. The van der Waals surface area contributed by atoms with Crippen molar-refractivity contribution in [2.24, 2.45) is 0 Å². The molecule has 0 saturated carbocycles. The highest BCUT2D eigenvalue weighted by Gasteiger charge is 2.24. The Labute approximate surface area is 178 Å². The number of carbonyl (C=O) groups excluding carboxylic acids is 3. The molecule has 0 aromatic heterocycles. The topological polar surface area (TPSA) is 75.3 Å². The molecule has 30 heavy (non-hydrogen) atoms. The molecular formula is C24H18N2O3S. The van der Waals surface area contributed by atoms with E-state index in [9.17, 15) is 14.4 Å². The summed E-state index contributed by atoms with van der Waals surface area (Å²) in [5.41, 5.74) is 4.48. The van der Waals surface area contributed by atoms with E-state index in [4.69, 9.17) is 0 Å². The summed E-state index contributed by atoms with van der Waals surface area (Å²) in [6.07, 6.45) is 2.01. The predicted molar refractivity (Wildman–Crippen MR) is 120 cm³/mol. The number of imide groups is 1. The van der Waals surface area contributed by atoms with Gasteiger partial charge in [0.2, 0.25) is 5.91 Å². The third-order valence-corrected chi connectivity index (χ3v) is 5.35. The van der Waals surface area contributed by atoms with Crippen molar-refractivity contribution in [3.63, 3.8) is 0 Å². The number of hydrogen-bond acceptors (Lipinski definition) is 4. The van der Waals surface area contributed by atoms with Crippen LogP contribution >= 0.6 is 11.8 Å². The fraction of sp³-hybridized carbons (Fsp3) is 0.0417. The first kappa shape index (κ1) is 19.7. The van der Waals surface area contributed by atoms with Crippen molar-refractivity contribution >= 4 is 40.6 Å². The van der Waals surface area contributed by atoms with Gasteiger partial charge in [0.1, 0.15) is 0 Å². The van der Waals surface area contributed by atoms with E-state index in [-0.39, 0.29) is 17.1 Å². The molecule has 0 bridgehead atoms. The summed E-state index contributed by atoms with van der Waals surface area (Å²) in [6, 6.07) is 24.9. The second-order valence-corrected chi connectivity index (χ2v) is 7.78. The quantitative estimate of drug-likeness (QED) is 0.585. The molecule has 6 heteroatoms. The van der Waals surface area contributed by atoms with Crippen LogP contribution < -0.4 is 10.6 Å². The van der Waals surface area contributed by atoms with Gasteiger partial charge in [-0.05, 0) is 52.2 Å².